The molecule has 0 radical (unpaired) electrons. The molecule has 2 aliphatic heterocycles. The molecule has 0 spiro atoms. The third-order valence-corrected chi connectivity index (χ3v) is 4.18. The van der Waals surface area contributed by atoms with Crippen LogP contribution in [0.15, 0.2) is 24.3 Å². The monoisotopic (exact) mass is 274 g/mol. The summed E-state index contributed by atoms with van der Waals surface area (Å²) in [4.78, 5) is 16.2. The smallest absolute Gasteiger partial charge is 0.226 e. The SMILES string of the molecule is CC1COCCN1c1ccc(N2CCCCC2=O)cc1. The summed E-state index contributed by atoms with van der Waals surface area (Å²) < 4.78 is 5.47. The zero-order valence-electron chi connectivity index (χ0n) is 12.0. The second-order valence-corrected chi connectivity index (χ2v) is 5.64. The molecule has 3 rings (SSSR count). The van der Waals surface area contributed by atoms with E-state index in [9.17, 15) is 4.79 Å². The fourth-order valence-electron chi connectivity index (χ4n) is 3.01. The zero-order chi connectivity index (χ0) is 13.9. The van der Waals surface area contributed by atoms with Crippen LogP contribution in [-0.4, -0.2) is 38.3 Å². The number of carbonyl (C=O) groups is 1. The molecule has 0 aliphatic carbocycles. The summed E-state index contributed by atoms with van der Waals surface area (Å²) in [6, 6.07) is 8.80. The maximum atomic E-state index is 11.9. The van der Waals surface area contributed by atoms with Gasteiger partial charge in [0, 0.05) is 36.9 Å². The number of ether oxygens (including phenoxy) is 1. The Labute approximate surface area is 120 Å². The van der Waals surface area contributed by atoms with E-state index >= 15 is 0 Å². The second kappa shape index (κ2) is 5.83. The van der Waals surface area contributed by atoms with Gasteiger partial charge in [0.05, 0.1) is 13.2 Å². The zero-order valence-corrected chi connectivity index (χ0v) is 12.0. The van der Waals surface area contributed by atoms with Gasteiger partial charge >= 0.3 is 0 Å². The Hall–Kier alpha value is -1.55. The molecule has 108 valence electrons. The number of carbonyl (C=O) groups excluding carboxylic acids is 1. The molecule has 2 heterocycles. The summed E-state index contributed by atoms with van der Waals surface area (Å²) in [6.07, 6.45) is 2.81. The van der Waals surface area contributed by atoms with Gasteiger partial charge in [0.2, 0.25) is 5.91 Å². The number of hydrogen-bond donors (Lipinski definition) is 0. The van der Waals surface area contributed by atoms with Crippen LogP contribution < -0.4 is 9.80 Å². The van der Waals surface area contributed by atoms with Crippen molar-refractivity contribution in [2.75, 3.05) is 36.1 Å². The average Bonchev–Trinajstić information content (AvgIpc) is 2.49. The van der Waals surface area contributed by atoms with E-state index in [1.54, 1.807) is 0 Å². The number of morpholine rings is 1. The van der Waals surface area contributed by atoms with Crippen molar-refractivity contribution in [3.05, 3.63) is 24.3 Å². The lowest BCUT2D eigenvalue weighted by Crippen LogP contribution is -2.43. The van der Waals surface area contributed by atoms with E-state index in [1.807, 2.05) is 4.90 Å². The van der Waals surface area contributed by atoms with Crippen LogP contribution in [0, 0.1) is 0 Å². The summed E-state index contributed by atoms with van der Waals surface area (Å²) in [5, 5.41) is 0. The van der Waals surface area contributed by atoms with Crippen LogP contribution in [0.2, 0.25) is 0 Å². The van der Waals surface area contributed by atoms with Crippen molar-refractivity contribution < 1.29 is 9.53 Å². The van der Waals surface area contributed by atoms with Crippen LogP contribution in [0.5, 0.6) is 0 Å². The highest BCUT2D eigenvalue weighted by Crippen LogP contribution is 2.26. The van der Waals surface area contributed by atoms with E-state index in [-0.39, 0.29) is 5.91 Å². The molecule has 1 unspecified atom stereocenters. The van der Waals surface area contributed by atoms with Gasteiger partial charge < -0.3 is 14.5 Å². The maximum absolute atomic E-state index is 11.9. The van der Waals surface area contributed by atoms with Gasteiger partial charge in [-0.2, -0.15) is 0 Å². The molecule has 4 nitrogen and oxygen atoms in total. The summed E-state index contributed by atoms with van der Waals surface area (Å²) in [5.41, 5.74) is 2.24. The van der Waals surface area contributed by atoms with Crippen molar-refractivity contribution in [3.8, 4) is 0 Å². The van der Waals surface area contributed by atoms with E-state index in [0.717, 1.165) is 44.8 Å². The molecular formula is C16H22N2O2. The average molecular weight is 274 g/mol. The van der Waals surface area contributed by atoms with Gasteiger partial charge in [-0.1, -0.05) is 0 Å². The Bertz CT molecular complexity index is 472. The maximum Gasteiger partial charge on any atom is 0.226 e. The number of piperidine rings is 1. The fourth-order valence-corrected chi connectivity index (χ4v) is 3.01. The molecular weight excluding hydrogens is 252 g/mol. The Morgan fingerprint density at radius 2 is 1.85 bits per heavy atom. The Balaban J connectivity index is 1.75. The highest BCUT2D eigenvalue weighted by Gasteiger charge is 2.21. The lowest BCUT2D eigenvalue weighted by Gasteiger charge is -2.35. The number of hydrogen-bond acceptors (Lipinski definition) is 3. The molecule has 20 heavy (non-hydrogen) atoms. The quantitative estimate of drug-likeness (QED) is 0.830. The molecule has 1 atom stereocenters. The molecule has 0 aromatic heterocycles. The fraction of sp³-hybridized carbons (Fsp3) is 0.562. The number of anilines is 2. The van der Waals surface area contributed by atoms with Crippen molar-refractivity contribution in [1.82, 2.24) is 0 Å². The van der Waals surface area contributed by atoms with Gasteiger partial charge in [0.1, 0.15) is 0 Å². The lowest BCUT2D eigenvalue weighted by atomic mass is 10.1. The highest BCUT2D eigenvalue weighted by atomic mass is 16.5. The first kappa shape index (κ1) is 13.4. The van der Waals surface area contributed by atoms with E-state index in [0.29, 0.717) is 12.5 Å². The second-order valence-electron chi connectivity index (χ2n) is 5.64. The molecule has 0 N–H and O–H groups in total. The summed E-state index contributed by atoms with van der Waals surface area (Å²) in [5.74, 6) is 0.253. The Kier molecular flexibility index (Phi) is 3.92. The predicted molar refractivity (Wildman–Crippen MR) is 80.3 cm³/mol. The number of benzene rings is 1. The van der Waals surface area contributed by atoms with Gasteiger partial charge in [-0.3, -0.25) is 4.79 Å². The first-order chi connectivity index (χ1) is 9.75. The molecule has 0 saturated carbocycles. The van der Waals surface area contributed by atoms with Crippen LogP contribution in [0.25, 0.3) is 0 Å². The number of rotatable bonds is 2. The minimum absolute atomic E-state index is 0.253. The van der Waals surface area contributed by atoms with Crippen molar-refractivity contribution in [2.24, 2.45) is 0 Å². The molecule has 2 saturated heterocycles. The minimum atomic E-state index is 0.253. The summed E-state index contributed by atoms with van der Waals surface area (Å²) in [7, 11) is 0. The van der Waals surface area contributed by atoms with E-state index in [1.165, 1.54) is 5.69 Å². The number of nitrogens with zero attached hydrogens (tertiary/aromatic N) is 2. The Morgan fingerprint density at radius 3 is 2.55 bits per heavy atom. The van der Waals surface area contributed by atoms with Crippen molar-refractivity contribution in [2.45, 2.75) is 32.2 Å². The third-order valence-electron chi connectivity index (χ3n) is 4.18. The van der Waals surface area contributed by atoms with E-state index < -0.39 is 0 Å². The highest BCUT2D eigenvalue weighted by molar-refractivity contribution is 5.94. The standard InChI is InChI=1S/C16H22N2O2/c1-13-12-20-11-10-17(13)14-5-7-15(8-6-14)18-9-3-2-4-16(18)19/h5-8,13H,2-4,9-12H2,1H3. The first-order valence-electron chi connectivity index (χ1n) is 7.50. The molecule has 0 bridgehead atoms. The topological polar surface area (TPSA) is 32.8 Å². The van der Waals surface area contributed by atoms with Crippen molar-refractivity contribution in [1.29, 1.82) is 0 Å². The third kappa shape index (κ3) is 2.66. The molecule has 2 fully saturated rings. The van der Waals surface area contributed by atoms with Gasteiger partial charge in [0.25, 0.3) is 0 Å². The lowest BCUT2D eigenvalue weighted by molar-refractivity contribution is -0.119. The van der Waals surface area contributed by atoms with E-state index in [2.05, 4.69) is 36.1 Å². The first-order valence-corrected chi connectivity index (χ1v) is 7.50. The normalized spacial score (nSPS) is 24.1. The van der Waals surface area contributed by atoms with Crippen LogP contribution in [0.3, 0.4) is 0 Å². The number of amides is 1. The Morgan fingerprint density at radius 1 is 1.10 bits per heavy atom. The molecule has 1 aromatic carbocycles. The molecule has 1 aromatic rings. The molecule has 1 amide bonds. The van der Waals surface area contributed by atoms with Gasteiger partial charge in [-0.05, 0) is 44.0 Å². The van der Waals surface area contributed by atoms with Crippen LogP contribution in [0.4, 0.5) is 11.4 Å². The largest absolute Gasteiger partial charge is 0.377 e. The summed E-state index contributed by atoms with van der Waals surface area (Å²) in [6.45, 7) is 5.54. The van der Waals surface area contributed by atoms with Gasteiger partial charge in [-0.15, -0.1) is 0 Å². The van der Waals surface area contributed by atoms with Crippen molar-refractivity contribution in [3.63, 3.8) is 0 Å². The molecule has 4 heteroatoms. The predicted octanol–water partition coefficient (Wildman–Crippen LogP) is 2.43. The van der Waals surface area contributed by atoms with Gasteiger partial charge in [0.15, 0.2) is 0 Å². The van der Waals surface area contributed by atoms with Crippen LogP contribution in [-0.2, 0) is 9.53 Å². The van der Waals surface area contributed by atoms with Crippen molar-refractivity contribution >= 4 is 17.3 Å². The summed E-state index contributed by atoms with van der Waals surface area (Å²) >= 11 is 0. The van der Waals surface area contributed by atoms with Gasteiger partial charge in [-0.25, -0.2) is 0 Å². The minimum Gasteiger partial charge on any atom is -0.377 e. The van der Waals surface area contributed by atoms with E-state index in [4.69, 9.17) is 4.74 Å². The van der Waals surface area contributed by atoms with Crippen LogP contribution >= 0.6 is 0 Å². The van der Waals surface area contributed by atoms with Crippen LogP contribution in [0.1, 0.15) is 26.2 Å². The molecule has 2 aliphatic rings.